The molecule has 0 unspecified atom stereocenters. The zero-order valence-electron chi connectivity index (χ0n) is 14.5. The molecule has 0 aliphatic carbocycles. The normalized spacial score (nSPS) is 10.4. The number of anilines is 1. The molecule has 0 aliphatic heterocycles. The third kappa shape index (κ3) is 6.04. The predicted octanol–water partition coefficient (Wildman–Crippen LogP) is 5.00. The Kier molecular flexibility index (Phi) is 7.41. The van der Waals surface area contributed by atoms with Gasteiger partial charge in [0.05, 0.1) is 17.6 Å². The number of halogens is 1. The number of nitrogens with zero attached hydrogens (tertiary/aromatic N) is 1. The maximum atomic E-state index is 12.1. The van der Waals surface area contributed by atoms with Crippen molar-refractivity contribution in [3.8, 4) is 5.75 Å². The van der Waals surface area contributed by atoms with Crippen LogP contribution in [0.4, 0.5) is 11.4 Å². The van der Waals surface area contributed by atoms with E-state index in [-0.39, 0.29) is 23.7 Å². The number of carbonyl (C=O) groups excluding carboxylic acids is 1. The molecule has 0 bridgehead atoms. The molecule has 0 aliphatic rings. The van der Waals surface area contributed by atoms with Crippen molar-refractivity contribution in [2.45, 2.75) is 32.6 Å². The van der Waals surface area contributed by atoms with Crippen LogP contribution in [0.1, 0.15) is 31.7 Å². The number of nitro groups is 1. The van der Waals surface area contributed by atoms with Crippen LogP contribution in [-0.4, -0.2) is 17.4 Å². The average Bonchev–Trinajstić information content (AvgIpc) is 2.62. The quantitative estimate of drug-likeness (QED) is 0.493. The van der Waals surface area contributed by atoms with Crippen LogP contribution in [0.3, 0.4) is 0 Å². The fourth-order valence-electron chi connectivity index (χ4n) is 2.39. The topological polar surface area (TPSA) is 81.5 Å². The maximum Gasteiger partial charge on any atom is 0.296 e. The molecule has 0 radical (unpaired) electrons. The standard InChI is InChI=1S/C19H21ClN2O4/c1-2-12-26-16-10-11-17(18(13-16)22(24)25)21-19(23)5-3-4-14-6-8-15(20)9-7-14/h6-11,13H,2-5,12H2,1H3,(H,21,23). The first-order valence-corrected chi connectivity index (χ1v) is 8.83. The van der Waals surface area contributed by atoms with Gasteiger partial charge in [0.2, 0.25) is 5.91 Å². The largest absolute Gasteiger partial charge is 0.493 e. The van der Waals surface area contributed by atoms with E-state index < -0.39 is 4.92 Å². The van der Waals surface area contributed by atoms with E-state index in [4.69, 9.17) is 16.3 Å². The lowest BCUT2D eigenvalue weighted by molar-refractivity contribution is -0.384. The monoisotopic (exact) mass is 376 g/mol. The summed E-state index contributed by atoms with van der Waals surface area (Å²) in [6.45, 7) is 2.43. The van der Waals surface area contributed by atoms with Gasteiger partial charge in [0.1, 0.15) is 11.4 Å². The van der Waals surface area contributed by atoms with E-state index in [1.165, 1.54) is 12.1 Å². The van der Waals surface area contributed by atoms with Crippen molar-refractivity contribution >= 4 is 28.9 Å². The number of rotatable bonds is 9. The van der Waals surface area contributed by atoms with Gasteiger partial charge >= 0.3 is 0 Å². The average molecular weight is 377 g/mol. The third-order valence-electron chi connectivity index (χ3n) is 3.70. The van der Waals surface area contributed by atoms with Crippen LogP contribution in [-0.2, 0) is 11.2 Å². The highest BCUT2D eigenvalue weighted by molar-refractivity contribution is 6.30. The second kappa shape index (κ2) is 9.77. The van der Waals surface area contributed by atoms with E-state index in [0.29, 0.717) is 23.8 Å². The number of benzene rings is 2. The highest BCUT2D eigenvalue weighted by atomic mass is 35.5. The number of nitrogens with one attached hydrogen (secondary N) is 1. The van der Waals surface area contributed by atoms with Gasteiger partial charge in [-0.2, -0.15) is 0 Å². The Morgan fingerprint density at radius 3 is 2.62 bits per heavy atom. The molecule has 0 saturated carbocycles. The maximum absolute atomic E-state index is 12.1. The predicted molar refractivity (Wildman–Crippen MR) is 102 cm³/mol. The van der Waals surface area contributed by atoms with Crippen LogP contribution >= 0.6 is 11.6 Å². The number of ether oxygens (including phenoxy) is 1. The molecule has 0 atom stereocenters. The van der Waals surface area contributed by atoms with E-state index in [1.807, 2.05) is 31.2 Å². The van der Waals surface area contributed by atoms with Gasteiger partial charge in [0, 0.05) is 11.4 Å². The summed E-state index contributed by atoms with van der Waals surface area (Å²) in [5.41, 5.74) is 1.09. The minimum Gasteiger partial charge on any atom is -0.493 e. The van der Waals surface area contributed by atoms with Crippen LogP contribution in [0.2, 0.25) is 5.02 Å². The molecule has 0 aromatic heterocycles. The Bertz CT molecular complexity index is 763. The molecule has 1 amide bonds. The van der Waals surface area contributed by atoms with E-state index in [1.54, 1.807) is 6.07 Å². The molecular weight excluding hydrogens is 356 g/mol. The SMILES string of the molecule is CCCOc1ccc(NC(=O)CCCc2ccc(Cl)cc2)c([N+](=O)[O-])c1. The lowest BCUT2D eigenvalue weighted by atomic mass is 10.1. The lowest BCUT2D eigenvalue weighted by Gasteiger charge is -2.09. The van der Waals surface area contributed by atoms with E-state index in [0.717, 1.165) is 18.4 Å². The molecule has 2 aromatic carbocycles. The second-order valence-corrected chi connectivity index (χ2v) is 6.25. The summed E-state index contributed by atoms with van der Waals surface area (Å²) in [5.74, 6) is 0.156. The van der Waals surface area contributed by atoms with Gasteiger partial charge in [-0.1, -0.05) is 30.7 Å². The minimum absolute atomic E-state index is 0.176. The first-order valence-electron chi connectivity index (χ1n) is 8.45. The highest BCUT2D eigenvalue weighted by Crippen LogP contribution is 2.29. The molecule has 26 heavy (non-hydrogen) atoms. The van der Waals surface area contributed by atoms with Crippen molar-refractivity contribution in [2.75, 3.05) is 11.9 Å². The fourth-order valence-corrected chi connectivity index (χ4v) is 2.52. The van der Waals surface area contributed by atoms with Gasteiger partial charge in [-0.15, -0.1) is 0 Å². The number of amides is 1. The molecule has 6 nitrogen and oxygen atoms in total. The van der Waals surface area contributed by atoms with Crippen molar-refractivity contribution < 1.29 is 14.5 Å². The third-order valence-corrected chi connectivity index (χ3v) is 3.95. The number of nitro benzene ring substituents is 1. The Balaban J connectivity index is 1.92. The van der Waals surface area contributed by atoms with Crippen LogP contribution in [0, 0.1) is 10.1 Å². The van der Waals surface area contributed by atoms with Crippen LogP contribution in [0.15, 0.2) is 42.5 Å². The summed E-state index contributed by atoms with van der Waals surface area (Å²) in [6.07, 6.45) is 2.45. The molecule has 138 valence electrons. The van der Waals surface area contributed by atoms with Crippen molar-refractivity contribution in [3.63, 3.8) is 0 Å². The summed E-state index contributed by atoms with van der Waals surface area (Å²) >= 11 is 5.84. The van der Waals surface area contributed by atoms with Gasteiger partial charge in [0.25, 0.3) is 5.69 Å². The molecule has 0 saturated heterocycles. The Hall–Kier alpha value is -2.60. The van der Waals surface area contributed by atoms with Gasteiger partial charge in [-0.05, 0) is 49.1 Å². The van der Waals surface area contributed by atoms with Gasteiger partial charge in [-0.25, -0.2) is 0 Å². The second-order valence-electron chi connectivity index (χ2n) is 5.81. The smallest absolute Gasteiger partial charge is 0.296 e. The van der Waals surface area contributed by atoms with E-state index in [2.05, 4.69) is 5.32 Å². The summed E-state index contributed by atoms with van der Waals surface area (Å²) in [5, 5.41) is 14.5. The first kappa shape index (κ1) is 19.7. The van der Waals surface area contributed by atoms with Gasteiger partial charge in [-0.3, -0.25) is 14.9 Å². The molecule has 0 fully saturated rings. The van der Waals surface area contributed by atoms with Crippen molar-refractivity contribution in [3.05, 3.63) is 63.2 Å². The molecule has 7 heteroatoms. The number of hydrogen-bond acceptors (Lipinski definition) is 4. The molecular formula is C19H21ClN2O4. The Labute approximate surface area is 157 Å². The van der Waals surface area contributed by atoms with Crippen molar-refractivity contribution in [2.24, 2.45) is 0 Å². The zero-order valence-corrected chi connectivity index (χ0v) is 15.3. The Morgan fingerprint density at radius 1 is 1.23 bits per heavy atom. The van der Waals surface area contributed by atoms with Crippen molar-refractivity contribution in [1.29, 1.82) is 0 Å². The van der Waals surface area contributed by atoms with E-state index >= 15 is 0 Å². The fraction of sp³-hybridized carbons (Fsp3) is 0.316. The van der Waals surface area contributed by atoms with E-state index in [9.17, 15) is 14.9 Å². The van der Waals surface area contributed by atoms with Crippen LogP contribution < -0.4 is 10.1 Å². The summed E-state index contributed by atoms with van der Waals surface area (Å²) in [6, 6.07) is 11.9. The minimum atomic E-state index is -0.526. The Morgan fingerprint density at radius 2 is 1.96 bits per heavy atom. The van der Waals surface area contributed by atoms with Gasteiger partial charge < -0.3 is 10.1 Å². The lowest BCUT2D eigenvalue weighted by Crippen LogP contribution is -2.13. The van der Waals surface area contributed by atoms with Crippen LogP contribution in [0.25, 0.3) is 0 Å². The summed E-state index contributed by atoms with van der Waals surface area (Å²) < 4.78 is 5.40. The number of hydrogen-bond donors (Lipinski definition) is 1. The number of carbonyl (C=O) groups is 1. The van der Waals surface area contributed by atoms with Crippen LogP contribution in [0.5, 0.6) is 5.75 Å². The molecule has 2 aromatic rings. The van der Waals surface area contributed by atoms with Crippen molar-refractivity contribution in [1.82, 2.24) is 0 Å². The summed E-state index contributed by atoms with van der Waals surface area (Å²) in [4.78, 5) is 22.8. The van der Waals surface area contributed by atoms with Gasteiger partial charge in [0.15, 0.2) is 0 Å². The zero-order chi connectivity index (χ0) is 18.9. The first-order chi connectivity index (χ1) is 12.5. The summed E-state index contributed by atoms with van der Waals surface area (Å²) in [7, 11) is 0. The molecule has 2 rings (SSSR count). The molecule has 1 N–H and O–H groups in total. The highest BCUT2D eigenvalue weighted by Gasteiger charge is 2.17. The number of aryl methyl sites for hydroxylation is 1. The molecule has 0 spiro atoms. The molecule has 0 heterocycles.